The summed E-state index contributed by atoms with van der Waals surface area (Å²) in [5.74, 6) is 4.69. The smallest absolute Gasteiger partial charge is 0.355 e. The van der Waals surface area contributed by atoms with Gasteiger partial charge in [-0.05, 0) is 23.3 Å². The number of nitrogens with zero attached hydrogens (tertiary/aromatic N) is 1. The van der Waals surface area contributed by atoms with Crippen molar-refractivity contribution in [3.63, 3.8) is 0 Å². The van der Waals surface area contributed by atoms with Crippen molar-refractivity contribution in [1.29, 1.82) is 0 Å². The normalized spacial score (nSPS) is 24.4. The summed E-state index contributed by atoms with van der Waals surface area (Å²) in [7, 11) is -2.32. The van der Waals surface area contributed by atoms with Crippen molar-refractivity contribution in [3.8, 4) is 0 Å². The van der Waals surface area contributed by atoms with Gasteiger partial charge in [-0.3, -0.25) is 20.3 Å². The van der Waals surface area contributed by atoms with Crippen LogP contribution in [0.1, 0.15) is 40.0 Å². The van der Waals surface area contributed by atoms with Gasteiger partial charge >= 0.3 is 19.1 Å². The van der Waals surface area contributed by atoms with Crippen LogP contribution in [0.5, 0.6) is 0 Å². The third-order valence-electron chi connectivity index (χ3n) is 3.71. The van der Waals surface area contributed by atoms with Gasteiger partial charge in [0.05, 0.1) is 0 Å². The first-order valence-corrected chi connectivity index (χ1v) is 8.86. The van der Waals surface area contributed by atoms with Gasteiger partial charge in [-0.1, -0.05) is 25.9 Å². The van der Waals surface area contributed by atoms with Crippen molar-refractivity contribution in [2.45, 2.75) is 51.4 Å². The predicted octanol–water partition coefficient (Wildman–Crippen LogP) is 0.0203. The first kappa shape index (κ1) is 19.0. The molecular formula is C13H27N5O3P+. The molecule has 0 radical (unpaired) electrons. The third-order valence-corrected chi connectivity index (χ3v) is 5.36. The number of amides is 2. The van der Waals surface area contributed by atoms with Gasteiger partial charge in [-0.2, -0.15) is 0 Å². The SMILES string of the molecule is CCCNC(=O)C(N[P+](=O)[C@@]1(N)CCCN(N)C1=O)C(C)C. The van der Waals surface area contributed by atoms with E-state index in [2.05, 4.69) is 10.4 Å². The molecule has 0 aromatic carbocycles. The van der Waals surface area contributed by atoms with Crippen LogP contribution >= 0.6 is 7.95 Å². The van der Waals surface area contributed by atoms with Crippen LogP contribution in [0, 0.1) is 5.92 Å². The monoisotopic (exact) mass is 332 g/mol. The number of nitrogens with one attached hydrogen (secondary N) is 2. The minimum Gasteiger partial charge on any atom is -0.355 e. The maximum Gasteiger partial charge on any atom is 0.465 e. The second-order valence-electron chi connectivity index (χ2n) is 5.96. The zero-order valence-electron chi connectivity index (χ0n) is 13.5. The maximum absolute atomic E-state index is 12.6. The van der Waals surface area contributed by atoms with Crippen LogP contribution in [0.25, 0.3) is 0 Å². The highest BCUT2D eigenvalue weighted by molar-refractivity contribution is 7.45. The van der Waals surface area contributed by atoms with E-state index in [9.17, 15) is 14.2 Å². The second kappa shape index (κ2) is 7.97. The van der Waals surface area contributed by atoms with E-state index in [0.717, 1.165) is 11.4 Å². The van der Waals surface area contributed by atoms with Crippen molar-refractivity contribution in [2.75, 3.05) is 13.1 Å². The predicted molar refractivity (Wildman–Crippen MR) is 84.7 cm³/mol. The van der Waals surface area contributed by atoms with Crippen molar-refractivity contribution >= 4 is 19.8 Å². The van der Waals surface area contributed by atoms with E-state index in [1.165, 1.54) is 0 Å². The molecule has 1 aliphatic rings. The van der Waals surface area contributed by atoms with Crippen LogP contribution in [0.3, 0.4) is 0 Å². The first-order valence-electron chi connectivity index (χ1n) is 7.60. The molecule has 0 bridgehead atoms. The number of carbonyl (C=O) groups is 2. The number of nitrogens with two attached hydrogens (primary N) is 2. The molecule has 1 heterocycles. The second-order valence-corrected chi connectivity index (χ2v) is 7.61. The molecule has 0 saturated carbocycles. The molecule has 2 amide bonds. The molecule has 0 aromatic rings. The van der Waals surface area contributed by atoms with Crippen molar-refractivity contribution in [3.05, 3.63) is 0 Å². The quantitative estimate of drug-likeness (QED) is 0.295. The minimum absolute atomic E-state index is 0.0907. The van der Waals surface area contributed by atoms with E-state index in [1.54, 1.807) is 0 Å². The van der Waals surface area contributed by atoms with Crippen LogP contribution in [-0.2, 0) is 14.2 Å². The fourth-order valence-electron chi connectivity index (χ4n) is 2.27. The molecule has 8 nitrogen and oxygen atoms in total. The molecule has 2 unspecified atom stereocenters. The maximum atomic E-state index is 12.6. The molecule has 0 aliphatic carbocycles. The summed E-state index contributed by atoms with van der Waals surface area (Å²) in [5.41, 5.74) is 6.04. The van der Waals surface area contributed by atoms with Crippen LogP contribution in [0.15, 0.2) is 0 Å². The van der Waals surface area contributed by atoms with Crippen molar-refractivity contribution < 1.29 is 14.2 Å². The average Bonchev–Trinajstić information content (AvgIpc) is 2.47. The number of rotatable bonds is 7. The Hall–Kier alpha value is -1.08. The van der Waals surface area contributed by atoms with Crippen molar-refractivity contribution in [1.82, 2.24) is 15.4 Å². The third kappa shape index (κ3) is 4.23. The van der Waals surface area contributed by atoms with Crippen LogP contribution in [0.4, 0.5) is 0 Å². The first-order chi connectivity index (χ1) is 10.2. The van der Waals surface area contributed by atoms with Crippen LogP contribution < -0.4 is 22.0 Å². The lowest BCUT2D eigenvalue weighted by atomic mass is 10.1. The van der Waals surface area contributed by atoms with E-state index in [0.29, 0.717) is 19.5 Å². The summed E-state index contributed by atoms with van der Waals surface area (Å²) in [6.45, 7) is 6.57. The Morgan fingerprint density at radius 2 is 2.14 bits per heavy atom. The highest BCUT2D eigenvalue weighted by Gasteiger charge is 2.57. The minimum atomic E-state index is -2.32. The van der Waals surface area contributed by atoms with E-state index in [4.69, 9.17) is 11.6 Å². The lowest BCUT2D eigenvalue weighted by Crippen LogP contribution is -2.61. The van der Waals surface area contributed by atoms with Gasteiger partial charge in [0.1, 0.15) is 6.04 Å². The molecule has 22 heavy (non-hydrogen) atoms. The van der Waals surface area contributed by atoms with Gasteiger partial charge in [-0.15, -0.1) is 0 Å². The molecule has 1 fully saturated rings. The van der Waals surface area contributed by atoms with Gasteiger partial charge < -0.3 is 5.32 Å². The molecule has 1 aliphatic heterocycles. The summed E-state index contributed by atoms with van der Waals surface area (Å²) < 4.78 is 12.6. The van der Waals surface area contributed by atoms with E-state index in [1.807, 2.05) is 20.8 Å². The number of hydrogen-bond acceptors (Lipinski definition) is 5. The van der Waals surface area contributed by atoms with Gasteiger partial charge in [0, 0.05) is 19.5 Å². The Morgan fingerprint density at radius 1 is 1.50 bits per heavy atom. The van der Waals surface area contributed by atoms with Gasteiger partial charge in [0.2, 0.25) is 5.91 Å². The molecule has 0 spiro atoms. The molecule has 3 atom stereocenters. The molecule has 1 saturated heterocycles. The number of carbonyl (C=O) groups excluding carboxylic acids is 2. The van der Waals surface area contributed by atoms with E-state index in [-0.39, 0.29) is 18.2 Å². The van der Waals surface area contributed by atoms with Crippen LogP contribution in [-0.4, -0.2) is 41.2 Å². The summed E-state index contributed by atoms with van der Waals surface area (Å²) in [6.07, 6.45) is 1.67. The van der Waals surface area contributed by atoms with E-state index >= 15 is 0 Å². The number of hydrogen-bond donors (Lipinski definition) is 4. The van der Waals surface area contributed by atoms with Gasteiger partial charge in [0.25, 0.3) is 0 Å². The lowest BCUT2D eigenvalue weighted by Gasteiger charge is -2.30. The molecule has 1 rings (SSSR count). The zero-order valence-corrected chi connectivity index (χ0v) is 14.4. The van der Waals surface area contributed by atoms with Crippen molar-refractivity contribution in [2.24, 2.45) is 17.5 Å². The fourth-order valence-corrected chi connectivity index (χ4v) is 3.84. The summed E-state index contributed by atoms with van der Waals surface area (Å²) in [4.78, 5) is 24.3. The largest absolute Gasteiger partial charge is 0.465 e. The number of hydrazine groups is 1. The van der Waals surface area contributed by atoms with Crippen LogP contribution in [0.2, 0.25) is 0 Å². The van der Waals surface area contributed by atoms with E-state index < -0.39 is 25.2 Å². The molecule has 9 heteroatoms. The fraction of sp³-hybridized carbons (Fsp3) is 0.846. The standard InChI is InChI=1S/C13H26N5O3P/c1-4-7-16-11(19)10(9(2)3)17-22(21)13(14)6-5-8-18(15)12(13)20/h9-10H,4-8,14-15H2,1-3H3,(H-,16,17,19,21)/p+1/t10?,13-/m0/s1. The van der Waals surface area contributed by atoms with Gasteiger partial charge in [-0.25, -0.2) is 5.84 Å². The Bertz CT molecular complexity index is 445. The summed E-state index contributed by atoms with van der Waals surface area (Å²) in [5, 5.41) is 4.96. The summed E-state index contributed by atoms with van der Waals surface area (Å²) in [6, 6.07) is -0.670. The molecule has 6 N–H and O–H groups in total. The lowest BCUT2D eigenvalue weighted by molar-refractivity contribution is -0.137. The highest BCUT2D eigenvalue weighted by Crippen LogP contribution is 2.39. The zero-order chi connectivity index (χ0) is 16.9. The molecule has 0 aromatic heterocycles. The molecular weight excluding hydrogens is 305 g/mol. The average molecular weight is 332 g/mol. The molecule has 126 valence electrons. The van der Waals surface area contributed by atoms with Gasteiger partial charge in [0.15, 0.2) is 0 Å². The Labute approximate surface area is 132 Å². The topological polar surface area (TPSA) is 131 Å². The number of piperidine rings is 1. The Kier molecular flexibility index (Phi) is 6.87. The Balaban J connectivity index is 2.82. The summed E-state index contributed by atoms with van der Waals surface area (Å²) >= 11 is 0. The highest BCUT2D eigenvalue weighted by atomic mass is 31.1. The Morgan fingerprint density at radius 3 is 2.68 bits per heavy atom.